The quantitative estimate of drug-likeness (QED) is 0.189. The molecule has 1 aromatic heterocycles. The highest BCUT2D eigenvalue weighted by Crippen LogP contribution is 2.82. The summed E-state index contributed by atoms with van der Waals surface area (Å²) in [5, 5.41) is 0. The Labute approximate surface area is 303 Å². The van der Waals surface area contributed by atoms with E-state index in [-0.39, 0.29) is 0 Å². The molecule has 6 aliphatic carbocycles. The van der Waals surface area contributed by atoms with Gasteiger partial charge in [0.2, 0.25) is 0 Å². The van der Waals surface area contributed by atoms with E-state index in [2.05, 4.69) is 127 Å². The molecule has 52 heavy (non-hydrogen) atoms. The van der Waals surface area contributed by atoms with Gasteiger partial charge in [0.1, 0.15) is 0 Å². The molecule has 0 amide bonds. The van der Waals surface area contributed by atoms with E-state index in [1.54, 1.807) is 11.1 Å². The lowest BCUT2D eigenvalue weighted by Crippen LogP contribution is -2.59. The Morgan fingerprint density at radius 2 is 1.04 bits per heavy atom. The summed E-state index contributed by atoms with van der Waals surface area (Å²) in [6.45, 7) is 0. The van der Waals surface area contributed by atoms with E-state index < -0.39 is 5.41 Å². The molecule has 246 valence electrons. The van der Waals surface area contributed by atoms with E-state index in [1.807, 2.05) is 12.1 Å². The van der Waals surface area contributed by atoms with Crippen molar-refractivity contribution in [3.63, 3.8) is 0 Å². The van der Waals surface area contributed by atoms with Crippen LogP contribution in [0.25, 0.3) is 56.4 Å². The Morgan fingerprint density at radius 1 is 0.442 bits per heavy atom. The van der Waals surface area contributed by atoms with Crippen LogP contribution in [-0.4, -0.2) is 15.0 Å². The Kier molecular flexibility index (Phi) is 5.17. The summed E-state index contributed by atoms with van der Waals surface area (Å²) in [5.74, 6) is 5.46. The molecule has 3 heteroatoms. The van der Waals surface area contributed by atoms with Gasteiger partial charge >= 0.3 is 0 Å². The highest BCUT2D eigenvalue weighted by Gasteiger charge is 2.72. The van der Waals surface area contributed by atoms with Crippen LogP contribution in [0, 0.1) is 17.3 Å². The number of benzene rings is 6. The lowest BCUT2D eigenvalue weighted by Gasteiger charge is -2.68. The molecule has 3 fully saturated rings. The first kappa shape index (κ1) is 28.0. The van der Waals surface area contributed by atoms with Crippen molar-refractivity contribution in [2.75, 3.05) is 0 Å². The van der Waals surface area contributed by atoms with E-state index in [1.165, 1.54) is 70.2 Å². The predicted molar refractivity (Wildman–Crippen MR) is 206 cm³/mol. The molecule has 6 aliphatic rings. The van der Waals surface area contributed by atoms with Gasteiger partial charge in [-0.1, -0.05) is 140 Å². The van der Waals surface area contributed by atoms with E-state index in [0.717, 1.165) is 40.4 Å². The fourth-order valence-corrected chi connectivity index (χ4v) is 12.5. The number of hydrogen-bond acceptors (Lipinski definition) is 3. The summed E-state index contributed by atoms with van der Waals surface area (Å²) in [7, 11) is 0. The van der Waals surface area contributed by atoms with Crippen LogP contribution < -0.4 is 0 Å². The fourth-order valence-electron chi connectivity index (χ4n) is 12.5. The molecule has 0 saturated heterocycles. The molecule has 3 saturated carbocycles. The first-order chi connectivity index (χ1) is 25.7. The molecule has 2 bridgehead atoms. The van der Waals surface area contributed by atoms with Gasteiger partial charge in [-0.25, -0.2) is 15.0 Å². The lowest BCUT2D eigenvalue weighted by molar-refractivity contribution is -0.146. The van der Waals surface area contributed by atoms with Crippen molar-refractivity contribution in [2.24, 2.45) is 17.3 Å². The maximum atomic E-state index is 5.25. The Balaban J connectivity index is 1.09. The molecule has 0 aliphatic heterocycles. The minimum absolute atomic E-state index is 0.406. The number of aromatic nitrogens is 3. The summed E-state index contributed by atoms with van der Waals surface area (Å²) in [4.78, 5) is 15.5. The first-order valence-corrected chi connectivity index (χ1v) is 19.1. The second-order valence-electron chi connectivity index (χ2n) is 16.3. The second-order valence-corrected chi connectivity index (χ2v) is 16.3. The standard InChI is InChI=1S/C49H35N3/c1-3-12-28(13-4-1)45-50-46(29-14-5-2-6-15-29)52-47(51-45)35-18-11-21-41-44(35)34-17-8-10-20-40(34)49(41)39-19-9-7-16-33(39)37-25-36-30-22-31-23-32-24-42(48(31,32)27-30)38(36)26-43(37)49/h1-21,25-26,30-32,42H,22-24,27H2. The lowest BCUT2D eigenvalue weighted by atomic mass is 9.36. The molecular weight excluding hydrogens is 631 g/mol. The van der Waals surface area contributed by atoms with Crippen molar-refractivity contribution in [1.82, 2.24) is 15.0 Å². The highest BCUT2D eigenvalue weighted by molar-refractivity contribution is 5.99. The highest BCUT2D eigenvalue weighted by atomic mass is 15.0. The summed E-state index contributed by atoms with van der Waals surface area (Å²) in [5.41, 5.74) is 17.5. The molecule has 6 atom stereocenters. The summed E-state index contributed by atoms with van der Waals surface area (Å²) >= 11 is 0. The number of rotatable bonds is 3. The van der Waals surface area contributed by atoms with Gasteiger partial charge in [-0.2, -0.15) is 0 Å². The average molecular weight is 666 g/mol. The van der Waals surface area contributed by atoms with Crippen LogP contribution in [-0.2, 0) is 5.41 Å². The number of hydrogen-bond donors (Lipinski definition) is 0. The second kappa shape index (κ2) is 9.60. The van der Waals surface area contributed by atoms with Crippen molar-refractivity contribution in [1.29, 1.82) is 0 Å². The first-order valence-electron chi connectivity index (χ1n) is 19.1. The molecule has 6 aromatic carbocycles. The minimum Gasteiger partial charge on any atom is -0.208 e. The van der Waals surface area contributed by atoms with Gasteiger partial charge in [-0.05, 0) is 110 Å². The van der Waals surface area contributed by atoms with Crippen LogP contribution in [0.2, 0.25) is 0 Å². The van der Waals surface area contributed by atoms with E-state index in [9.17, 15) is 0 Å². The third-order valence-electron chi connectivity index (χ3n) is 14.5. The van der Waals surface area contributed by atoms with Crippen LogP contribution in [0.15, 0.2) is 140 Å². The number of nitrogens with zero attached hydrogens (tertiary/aromatic N) is 3. The Hall–Kier alpha value is -5.67. The summed E-state index contributed by atoms with van der Waals surface area (Å²) < 4.78 is 0. The molecule has 3 nitrogen and oxygen atoms in total. The van der Waals surface area contributed by atoms with Crippen LogP contribution in [0.5, 0.6) is 0 Å². The molecule has 7 aromatic rings. The smallest absolute Gasteiger partial charge is 0.164 e. The van der Waals surface area contributed by atoms with Crippen molar-refractivity contribution in [2.45, 2.75) is 42.9 Å². The third-order valence-corrected chi connectivity index (χ3v) is 14.5. The zero-order valence-electron chi connectivity index (χ0n) is 28.8. The van der Waals surface area contributed by atoms with E-state index in [0.29, 0.717) is 22.9 Å². The SMILES string of the molecule is c1ccc(-c2nc(-c3ccccc3)nc(-c3cccc4c3-c3ccccc3C43c4ccccc4-c4cc5c(cc43)C3CC4CC6CC5CC643)n2)cc1. The molecule has 6 unspecified atom stereocenters. The van der Waals surface area contributed by atoms with Crippen molar-refractivity contribution >= 4 is 0 Å². The fraction of sp³-hybridized carbons (Fsp3) is 0.204. The van der Waals surface area contributed by atoms with Crippen LogP contribution in [0.4, 0.5) is 0 Å². The molecule has 0 radical (unpaired) electrons. The van der Waals surface area contributed by atoms with E-state index in [4.69, 9.17) is 15.0 Å². The molecular formula is C49H35N3. The Morgan fingerprint density at radius 3 is 1.77 bits per heavy atom. The van der Waals surface area contributed by atoms with Gasteiger partial charge in [-0.3, -0.25) is 0 Å². The Bertz CT molecular complexity index is 2620. The zero-order valence-corrected chi connectivity index (χ0v) is 28.8. The van der Waals surface area contributed by atoms with Crippen LogP contribution >= 0.6 is 0 Å². The third kappa shape index (κ3) is 3.20. The minimum atomic E-state index is -0.406. The number of fused-ring (bicyclic) bond motifs is 14. The summed E-state index contributed by atoms with van der Waals surface area (Å²) in [6, 6.07) is 51.3. The topological polar surface area (TPSA) is 38.7 Å². The van der Waals surface area contributed by atoms with Crippen LogP contribution in [0.3, 0.4) is 0 Å². The van der Waals surface area contributed by atoms with Crippen molar-refractivity contribution < 1.29 is 0 Å². The maximum Gasteiger partial charge on any atom is 0.164 e. The monoisotopic (exact) mass is 665 g/mol. The van der Waals surface area contributed by atoms with Gasteiger partial charge in [0, 0.05) is 16.7 Å². The van der Waals surface area contributed by atoms with Gasteiger partial charge in [-0.15, -0.1) is 0 Å². The summed E-state index contributed by atoms with van der Waals surface area (Å²) in [6.07, 6.45) is 5.70. The van der Waals surface area contributed by atoms with Crippen molar-refractivity contribution in [3.05, 3.63) is 173 Å². The van der Waals surface area contributed by atoms with Crippen molar-refractivity contribution in [3.8, 4) is 56.4 Å². The largest absolute Gasteiger partial charge is 0.208 e. The molecule has 2 spiro atoms. The molecule has 13 rings (SSSR count). The normalized spacial score (nSPS) is 27.1. The average Bonchev–Trinajstić information content (AvgIpc) is 3.83. The predicted octanol–water partition coefficient (Wildman–Crippen LogP) is 11.2. The molecule has 1 heterocycles. The maximum absolute atomic E-state index is 5.25. The van der Waals surface area contributed by atoms with Gasteiger partial charge in [0.05, 0.1) is 5.41 Å². The van der Waals surface area contributed by atoms with Gasteiger partial charge in [0.25, 0.3) is 0 Å². The van der Waals surface area contributed by atoms with Crippen LogP contribution in [0.1, 0.15) is 70.9 Å². The van der Waals surface area contributed by atoms with Gasteiger partial charge in [0.15, 0.2) is 17.5 Å². The molecule has 0 N–H and O–H groups in total. The van der Waals surface area contributed by atoms with E-state index >= 15 is 0 Å². The zero-order chi connectivity index (χ0) is 33.8. The van der Waals surface area contributed by atoms with Gasteiger partial charge < -0.3 is 0 Å².